The minimum atomic E-state index is -3.60. The smallest absolute Gasteiger partial charge is 0.374 e. The molecule has 0 aliphatic rings. The lowest BCUT2D eigenvalue weighted by atomic mass is 10.1. The van der Waals surface area contributed by atoms with E-state index in [-0.39, 0.29) is 6.42 Å². The number of carboxylic acid groups (broad SMARTS) is 1. The van der Waals surface area contributed by atoms with Crippen molar-refractivity contribution in [3.63, 3.8) is 0 Å². The Hall–Kier alpha value is -1.00. The Labute approximate surface area is 93.2 Å². The Morgan fingerprint density at radius 1 is 1.12 bits per heavy atom. The van der Waals surface area contributed by atoms with Crippen LogP contribution in [0.25, 0.3) is 0 Å². The van der Waals surface area contributed by atoms with Crippen LogP contribution < -0.4 is 0 Å². The maximum atomic E-state index is 12.6. The van der Waals surface area contributed by atoms with E-state index < -0.39 is 18.3 Å². The van der Waals surface area contributed by atoms with E-state index in [1.54, 1.807) is 0 Å². The molecule has 0 aromatic heterocycles. The molecule has 0 unspecified atom stereocenters. The van der Waals surface area contributed by atoms with Crippen LogP contribution in [0.15, 0.2) is 12.4 Å². The molecule has 0 spiro atoms. The van der Waals surface area contributed by atoms with Crippen molar-refractivity contribution in [2.75, 3.05) is 0 Å². The monoisotopic (exact) mass is 238 g/mol. The number of hydrogen-bond donors (Lipinski definition) is 1. The van der Waals surface area contributed by atoms with Gasteiger partial charge in [0.2, 0.25) is 0 Å². The Morgan fingerprint density at radius 3 is 2.25 bits per heavy atom. The van der Waals surface area contributed by atoms with Crippen LogP contribution in [0.2, 0.25) is 0 Å². The molecule has 0 saturated carbocycles. The normalized spacial score (nSPS) is 12.2. The third-order valence-electron chi connectivity index (χ3n) is 2.26. The molecule has 0 aromatic carbocycles. The highest BCUT2D eigenvalue weighted by Gasteiger charge is 2.37. The molecule has 0 bridgehead atoms. The van der Waals surface area contributed by atoms with Crippen LogP contribution in [0.1, 0.15) is 44.9 Å². The molecule has 1 N–H and O–H groups in total. The van der Waals surface area contributed by atoms with Gasteiger partial charge in [0.15, 0.2) is 0 Å². The van der Waals surface area contributed by atoms with Crippen LogP contribution in [0.4, 0.5) is 13.2 Å². The van der Waals surface area contributed by atoms with Crippen LogP contribution in [0.5, 0.6) is 0 Å². The second-order valence-corrected chi connectivity index (χ2v) is 3.68. The maximum absolute atomic E-state index is 12.6. The van der Waals surface area contributed by atoms with Crippen molar-refractivity contribution in [3.8, 4) is 0 Å². The third kappa shape index (κ3) is 7.31. The van der Waals surface area contributed by atoms with Gasteiger partial charge in [0.05, 0.1) is 6.33 Å². The van der Waals surface area contributed by atoms with Crippen LogP contribution in [-0.2, 0) is 4.79 Å². The fraction of sp³-hybridized carbons (Fsp3) is 0.727. The highest BCUT2D eigenvalue weighted by Crippen LogP contribution is 2.22. The van der Waals surface area contributed by atoms with Crippen molar-refractivity contribution >= 4 is 5.97 Å². The van der Waals surface area contributed by atoms with E-state index in [4.69, 9.17) is 5.11 Å². The summed E-state index contributed by atoms with van der Waals surface area (Å²) in [5.41, 5.74) is 0. The van der Waals surface area contributed by atoms with Crippen LogP contribution in [0.3, 0.4) is 0 Å². The number of carbonyl (C=O) groups is 1. The zero-order valence-electron chi connectivity index (χ0n) is 9.09. The van der Waals surface area contributed by atoms with Gasteiger partial charge in [-0.25, -0.2) is 9.18 Å². The van der Waals surface area contributed by atoms with Gasteiger partial charge >= 0.3 is 11.9 Å². The van der Waals surface area contributed by atoms with E-state index in [9.17, 15) is 18.0 Å². The predicted molar refractivity (Wildman–Crippen MR) is 55.1 cm³/mol. The number of hydrogen-bond acceptors (Lipinski definition) is 1. The van der Waals surface area contributed by atoms with Crippen molar-refractivity contribution < 1.29 is 23.1 Å². The molecule has 0 aromatic rings. The van der Waals surface area contributed by atoms with Gasteiger partial charge in [-0.1, -0.05) is 25.3 Å². The van der Waals surface area contributed by atoms with E-state index in [2.05, 4.69) is 0 Å². The molecule has 0 atom stereocenters. The van der Waals surface area contributed by atoms with Crippen LogP contribution in [0, 0.1) is 0 Å². The summed E-state index contributed by atoms with van der Waals surface area (Å²) in [5.74, 6) is -5.66. The summed E-state index contributed by atoms with van der Waals surface area (Å²) >= 11 is 0. The zero-order valence-corrected chi connectivity index (χ0v) is 9.09. The van der Waals surface area contributed by atoms with E-state index in [0.29, 0.717) is 19.2 Å². The Bertz CT molecular complexity index is 227. The summed E-state index contributed by atoms with van der Waals surface area (Å²) in [6, 6.07) is 0. The largest absolute Gasteiger partial charge is 0.477 e. The third-order valence-corrected chi connectivity index (χ3v) is 2.26. The van der Waals surface area contributed by atoms with Crippen LogP contribution >= 0.6 is 0 Å². The van der Waals surface area contributed by atoms with Gasteiger partial charge in [-0.2, -0.15) is 8.78 Å². The fourth-order valence-corrected chi connectivity index (χ4v) is 1.31. The van der Waals surface area contributed by atoms with E-state index >= 15 is 0 Å². The first-order chi connectivity index (χ1) is 7.50. The summed E-state index contributed by atoms with van der Waals surface area (Å²) in [5, 5.41) is 8.15. The van der Waals surface area contributed by atoms with Gasteiger partial charge in [-0.05, 0) is 19.3 Å². The SMILES string of the molecule is O=C(O)C(F)(F)CCCCCCCC=CF. The molecule has 0 aliphatic heterocycles. The maximum Gasteiger partial charge on any atom is 0.374 e. The molecule has 16 heavy (non-hydrogen) atoms. The fourth-order valence-electron chi connectivity index (χ4n) is 1.31. The van der Waals surface area contributed by atoms with Crippen molar-refractivity contribution in [3.05, 3.63) is 12.4 Å². The molecular formula is C11H17F3O2. The molecule has 0 heterocycles. The molecular weight excluding hydrogens is 221 g/mol. The average Bonchev–Trinajstić information content (AvgIpc) is 2.21. The van der Waals surface area contributed by atoms with E-state index in [1.165, 1.54) is 6.08 Å². The van der Waals surface area contributed by atoms with Crippen molar-refractivity contribution in [1.29, 1.82) is 0 Å². The molecule has 0 amide bonds. The lowest BCUT2D eigenvalue weighted by Gasteiger charge is -2.09. The van der Waals surface area contributed by atoms with Crippen LogP contribution in [-0.4, -0.2) is 17.0 Å². The molecule has 5 heteroatoms. The Balaban J connectivity index is 3.37. The minimum Gasteiger partial charge on any atom is -0.477 e. The number of allylic oxidation sites excluding steroid dienone is 1. The quantitative estimate of drug-likeness (QED) is 0.618. The minimum absolute atomic E-state index is 0.207. The standard InChI is InChI=1S/C11H17F3O2/c12-9-7-5-3-1-2-4-6-8-11(13,14)10(15)16/h7,9H,1-6,8H2,(H,15,16). The number of alkyl halides is 2. The van der Waals surface area contributed by atoms with Crippen molar-refractivity contribution in [2.45, 2.75) is 50.9 Å². The predicted octanol–water partition coefficient (Wildman–Crippen LogP) is 3.92. The number of carboxylic acids is 1. The molecule has 0 saturated heterocycles. The molecule has 0 fully saturated rings. The molecule has 0 aliphatic carbocycles. The Kier molecular flexibility index (Phi) is 7.68. The average molecular weight is 238 g/mol. The second-order valence-electron chi connectivity index (χ2n) is 3.68. The van der Waals surface area contributed by atoms with Gasteiger partial charge in [0.25, 0.3) is 0 Å². The molecule has 2 nitrogen and oxygen atoms in total. The summed E-state index contributed by atoms with van der Waals surface area (Å²) in [6.07, 6.45) is 5.20. The lowest BCUT2D eigenvalue weighted by molar-refractivity contribution is -0.165. The first-order valence-electron chi connectivity index (χ1n) is 5.37. The first kappa shape index (κ1) is 15.0. The van der Waals surface area contributed by atoms with Crippen molar-refractivity contribution in [2.24, 2.45) is 0 Å². The number of unbranched alkanes of at least 4 members (excludes halogenated alkanes) is 5. The van der Waals surface area contributed by atoms with Gasteiger partial charge in [-0.15, -0.1) is 0 Å². The van der Waals surface area contributed by atoms with Crippen molar-refractivity contribution in [1.82, 2.24) is 0 Å². The highest BCUT2D eigenvalue weighted by atomic mass is 19.3. The molecule has 0 rings (SSSR count). The summed E-state index contributed by atoms with van der Waals surface area (Å²) in [6.45, 7) is 0. The van der Waals surface area contributed by atoms with E-state index in [1.807, 2.05) is 0 Å². The van der Waals surface area contributed by atoms with Gasteiger partial charge in [0.1, 0.15) is 0 Å². The summed E-state index contributed by atoms with van der Waals surface area (Å²) < 4.78 is 36.7. The Morgan fingerprint density at radius 2 is 1.69 bits per heavy atom. The molecule has 94 valence electrons. The summed E-state index contributed by atoms with van der Waals surface area (Å²) in [4.78, 5) is 10.1. The molecule has 0 radical (unpaired) electrons. The highest BCUT2D eigenvalue weighted by molar-refractivity contribution is 5.75. The number of halogens is 3. The lowest BCUT2D eigenvalue weighted by Crippen LogP contribution is -2.27. The summed E-state index contributed by atoms with van der Waals surface area (Å²) in [7, 11) is 0. The number of rotatable bonds is 9. The van der Waals surface area contributed by atoms with Gasteiger partial charge < -0.3 is 5.11 Å². The van der Waals surface area contributed by atoms with E-state index in [0.717, 1.165) is 19.3 Å². The first-order valence-corrected chi connectivity index (χ1v) is 5.37. The number of aliphatic carboxylic acids is 1. The topological polar surface area (TPSA) is 37.3 Å². The van der Waals surface area contributed by atoms with Gasteiger partial charge in [0, 0.05) is 6.42 Å². The second kappa shape index (κ2) is 8.19. The zero-order chi connectivity index (χ0) is 12.4. The van der Waals surface area contributed by atoms with Gasteiger partial charge in [-0.3, -0.25) is 0 Å².